The van der Waals surface area contributed by atoms with Gasteiger partial charge in [-0.1, -0.05) is 23.2 Å². The van der Waals surface area contributed by atoms with Crippen LogP contribution in [0.5, 0.6) is 0 Å². The number of halogens is 3. The predicted octanol–water partition coefficient (Wildman–Crippen LogP) is 2.74. The number of carboxylic acids is 1. The summed E-state index contributed by atoms with van der Waals surface area (Å²) in [5.41, 5.74) is -1.75. The van der Waals surface area contributed by atoms with Gasteiger partial charge in [0.05, 0.1) is 15.5 Å². The molecule has 5 nitrogen and oxygen atoms in total. The monoisotopic (exact) mass is 253 g/mol. The highest BCUT2D eigenvalue weighted by atomic mass is 35.5. The largest absolute Gasteiger partial charge is 0.478 e. The summed E-state index contributed by atoms with van der Waals surface area (Å²) in [6.45, 7) is 0. The van der Waals surface area contributed by atoms with Crippen molar-refractivity contribution in [3.63, 3.8) is 0 Å². The molecule has 0 aliphatic rings. The van der Waals surface area contributed by atoms with Crippen LogP contribution in [0.4, 0.5) is 10.1 Å². The molecule has 1 rings (SSSR count). The number of benzene rings is 1. The van der Waals surface area contributed by atoms with E-state index < -0.39 is 38.0 Å². The van der Waals surface area contributed by atoms with Crippen LogP contribution < -0.4 is 0 Å². The molecule has 1 N–H and O–H groups in total. The van der Waals surface area contributed by atoms with Crippen molar-refractivity contribution in [2.75, 3.05) is 0 Å². The highest BCUT2D eigenvalue weighted by Gasteiger charge is 2.28. The molecule has 0 atom stereocenters. The molecule has 0 unspecified atom stereocenters. The second kappa shape index (κ2) is 4.00. The Hall–Kier alpha value is -1.40. The Morgan fingerprint density at radius 1 is 1.53 bits per heavy atom. The van der Waals surface area contributed by atoms with Gasteiger partial charge in [-0.15, -0.1) is 0 Å². The predicted molar refractivity (Wildman–Crippen MR) is 50.0 cm³/mol. The van der Waals surface area contributed by atoms with E-state index in [0.717, 1.165) is 0 Å². The van der Waals surface area contributed by atoms with Crippen molar-refractivity contribution in [1.29, 1.82) is 0 Å². The van der Waals surface area contributed by atoms with Gasteiger partial charge in [-0.05, 0) is 6.07 Å². The van der Waals surface area contributed by atoms with Gasteiger partial charge in [0.1, 0.15) is 5.02 Å². The molecule has 0 fully saturated rings. The van der Waals surface area contributed by atoms with E-state index in [1.807, 2.05) is 0 Å². The summed E-state index contributed by atoms with van der Waals surface area (Å²) in [5.74, 6) is -2.87. The van der Waals surface area contributed by atoms with E-state index in [9.17, 15) is 19.3 Å². The number of rotatable bonds is 2. The average molecular weight is 254 g/mol. The van der Waals surface area contributed by atoms with E-state index in [1.54, 1.807) is 0 Å². The SMILES string of the molecule is O=C(O)c1cc(Cl)c(F)c([N+](=O)[O-])c1Cl. The molecule has 8 heteroatoms. The number of carboxylic acid groups (broad SMARTS) is 1. The second-order valence-electron chi connectivity index (χ2n) is 2.44. The lowest BCUT2D eigenvalue weighted by molar-refractivity contribution is -0.387. The van der Waals surface area contributed by atoms with Crippen LogP contribution in [0.3, 0.4) is 0 Å². The van der Waals surface area contributed by atoms with Crippen LogP contribution in [-0.4, -0.2) is 16.0 Å². The summed E-state index contributed by atoms with van der Waals surface area (Å²) in [6.07, 6.45) is 0. The van der Waals surface area contributed by atoms with Gasteiger partial charge in [-0.25, -0.2) is 4.79 Å². The summed E-state index contributed by atoms with van der Waals surface area (Å²) in [7, 11) is 0. The summed E-state index contributed by atoms with van der Waals surface area (Å²) in [5, 5.41) is 17.6. The zero-order valence-corrected chi connectivity index (χ0v) is 8.34. The third kappa shape index (κ3) is 2.00. The number of aromatic carboxylic acids is 1. The van der Waals surface area contributed by atoms with Crippen LogP contribution >= 0.6 is 23.2 Å². The highest BCUT2D eigenvalue weighted by molar-refractivity contribution is 6.37. The van der Waals surface area contributed by atoms with Gasteiger partial charge in [0.25, 0.3) is 0 Å². The molecule has 0 bridgehead atoms. The van der Waals surface area contributed by atoms with E-state index in [0.29, 0.717) is 6.07 Å². The molecule has 80 valence electrons. The Kier molecular flexibility index (Phi) is 3.11. The normalized spacial score (nSPS) is 10.1. The summed E-state index contributed by atoms with van der Waals surface area (Å²) in [4.78, 5) is 19.8. The van der Waals surface area contributed by atoms with Crippen LogP contribution in [0.15, 0.2) is 6.07 Å². The zero-order chi connectivity index (χ0) is 11.7. The van der Waals surface area contributed by atoms with E-state index in [2.05, 4.69) is 0 Å². The Labute approximate surface area is 92.2 Å². The van der Waals surface area contributed by atoms with Gasteiger partial charge >= 0.3 is 11.7 Å². The zero-order valence-electron chi connectivity index (χ0n) is 6.83. The van der Waals surface area contributed by atoms with Gasteiger partial charge < -0.3 is 5.11 Å². The van der Waals surface area contributed by atoms with Gasteiger partial charge in [-0.2, -0.15) is 4.39 Å². The van der Waals surface area contributed by atoms with E-state index in [1.165, 1.54) is 0 Å². The molecule has 1 aromatic carbocycles. The standard InChI is InChI=1S/C7H2Cl2FNO4/c8-3-1-2(7(12)13)4(9)6(5(3)10)11(14)15/h1H,(H,12,13). The third-order valence-corrected chi connectivity index (χ3v) is 2.20. The minimum absolute atomic E-state index is 0.616. The van der Waals surface area contributed by atoms with Crippen molar-refractivity contribution >= 4 is 34.9 Å². The molecular weight excluding hydrogens is 252 g/mol. The van der Waals surface area contributed by atoms with Crippen LogP contribution in [-0.2, 0) is 0 Å². The Balaban J connectivity index is 3.63. The van der Waals surface area contributed by atoms with Gasteiger partial charge in [0.15, 0.2) is 0 Å². The van der Waals surface area contributed by atoms with E-state index in [-0.39, 0.29) is 0 Å². The lowest BCUT2D eigenvalue weighted by atomic mass is 10.2. The van der Waals surface area contributed by atoms with Crippen LogP contribution in [0.25, 0.3) is 0 Å². The first-order valence-corrected chi connectivity index (χ1v) is 4.17. The van der Waals surface area contributed by atoms with Crippen molar-refractivity contribution in [3.05, 3.63) is 37.6 Å². The minimum Gasteiger partial charge on any atom is -0.478 e. The first-order valence-electron chi connectivity index (χ1n) is 3.41. The Morgan fingerprint density at radius 3 is 2.47 bits per heavy atom. The fraction of sp³-hybridized carbons (Fsp3) is 0. The number of nitro benzene ring substituents is 1. The molecule has 0 aliphatic heterocycles. The minimum atomic E-state index is -1.52. The number of carbonyl (C=O) groups is 1. The second-order valence-corrected chi connectivity index (χ2v) is 3.23. The molecule has 0 saturated carbocycles. The quantitative estimate of drug-likeness (QED) is 0.499. The smallest absolute Gasteiger partial charge is 0.337 e. The van der Waals surface area contributed by atoms with Gasteiger partial charge in [-0.3, -0.25) is 10.1 Å². The molecule has 0 aromatic heterocycles. The maximum absolute atomic E-state index is 13.1. The average Bonchev–Trinajstić information content (AvgIpc) is 2.10. The molecule has 0 aliphatic carbocycles. The number of nitro groups is 1. The molecular formula is C7H2Cl2FNO4. The van der Waals surface area contributed by atoms with Crippen LogP contribution in [0.2, 0.25) is 10.0 Å². The fourth-order valence-corrected chi connectivity index (χ4v) is 1.39. The maximum Gasteiger partial charge on any atom is 0.337 e. The molecule has 15 heavy (non-hydrogen) atoms. The van der Waals surface area contributed by atoms with E-state index >= 15 is 0 Å². The third-order valence-electron chi connectivity index (χ3n) is 1.55. The molecule has 0 saturated heterocycles. The highest BCUT2D eigenvalue weighted by Crippen LogP contribution is 2.35. The summed E-state index contributed by atoms with van der Waals surface area (Å²) in [6, 6.07) is 0.717. The van der Waals surface area contributed by atoms with Gasteiger partial charge in [0.2, 0.25) is 5.82 Å². The summed E-state index contributed by atoms with van der Waals surface area (Å²) < 4.78 is 13.1. The molecule has 0 heterocycles. The molecule has 0 amide bonds. The summed E-state index contributed by atoms with van der Waals surface area (Å²) >= 11 is 10.6. The van der Waals surface area contributed by atoms with Crippen molar-refractivity contribution in [3.8, 4) is 0 Å². The van der Waals surface area contributed by atoms with Crippen molar-refractivity contribution in [1.82, 2.24) is 0 Å². The lowest BCUT2D eigenvalue weighted by Crippen LogP contribution is -2.03. The van der Waals surface area contributed by atoms with Crippen molar-refractivity contribution < 1.29 is 19.2 Å². The molecule has 1 aromatic rings. The van der Waals surface area contributed by atoms with Gasteiger partial charge in [0, 0.05) is 0 Å². The maximum atomic E-state index is 13.1. The Bertz CT molecular complexity index is 463. The number of hydrogen-bond donors (Lipinski definition) is 1. The van der Waals surface area contributed by atoms with Crippen LogP contribution in [0.1, 0.15) is 10.4 Å². The van der Waals surface area contributed by atoms with Crippen molar-refractivity contribution in [2.45, 2.75) is 0 Å². The number of nitrogens with zero attached hydrogens (tertiary/aromatic N) is 1. The fourth-order valence-electron chi connectivity index (χ4n) is 0.906. The molecule has 0 spiro atoms. The number of hydrogen-bond acceptors (Lipinski definition) is 3. The van der Waals surface area contributed by atoms with Crippen molar-refractivity contribution in [2.24, 2.45) is 0 Å². The van der Waals surface area contributed by atoms with Crippen LogP contribution in [0, 0.1) is 15.9 Å². The van der Waals surface area contributed by atoms with E-state index in [4.69, 9.17) is 28.3 Å². The topological polar surface area (TPSA) is 80.4 Å². The first kappa shape index (κ1) is 11.7. The Morgan fingerprint density at radius 2 is 2.07 bits per heavy atom. The molecule has 0 radical (unpaired) electrons. The lowest BCUT2D eigenvalue weighted by Gasteiger charge is -2.02. The first-order chi connectivity index (χ1) is 6.86.